The summed E-state index contributed by atoms with van der Waals surface area (Å²) in [6, 6.07) is 54.6. The van der Waals surface area contributed by atoms with Gasteiger partial charge in [0.2, 0.25) is 0 Å². The van der Waals surface area contributed by atoms with E-state index in [-0.39, 0.29) is 25.5 Å². The van der Waals surface area contributed by atoms with E-state index >= 15 is 0 Å². The van der Waals surface area contributed by atoms with Crippen LogP contribution in [-0.4, -0.2) is 27.8 Å². The Morgan fingerprint density at radius 2 is 1.41 bits per heavy atom. The average Bonchev–Trinajstić information content (AvgIpc) is 3.76. The van der Waals surface area contributed by atoms with Crippen LogP contribution in [0.3, 0.4) is 0 Å². The third kappa shape index (κ3) is 8.73. The van der Waals surface area contributed by atoms with E-state index in [4.69, 9.17) is 10.5 Å². The maximum Gasteiger partial charge on any atom is 0 e. The molecular formula is C54H53GeIrN3-2. The van der Waals surface area contributed by atoms with Gasteiger partial charge in [0.1, 0.15) is 0 Å². The van der Waals surface area contributed by atoms with Crippen molar-refractivity contribution in [1.82, 2.24) is 14.5 Å². The molecule has 0 N–H and O–H groups in total. The van der Waals surface area contributed by atoms with Crippen LogP contribution in [0.5, 0.6) is 0 Å². The zero-order chi connectivity index (χ0) is 44.2. The third-order valence-corrected chi connectivity index (χ3v) is 15.1. The van der Waals surface area contributed by atoms with E-state index in [9.17, 15) is 0 Å². The summed E-state index contributed by atoms with van der Waals surface area (Å²) in [6.07, 6.45) is 0.375. The number of hydrogen-bond acceptors (Lipinski definition) is 2. The van der Waals surface area contributed by atoms with Crippen LogP contribution in [0.4, 0.5) is 0 Å². The predicted molar refractivity (Wildman–Crippen MR) is 248 cm³/mol. The molecule has 3 nitrogen and oxygen atoms in total. The van der Waals surface area contributed by atoms with E-state index in [1.807, 2.05) is 45.2 Å². The van der Waals surface area contributed by atoms with Gasteiger partial charge in [0.15, 0.2) is 0 Å². The van der Waals surface area contributed by atoms with Gasteiger partial charge in [0, 0.05) is 25.8 Å². The van der Waals surface area contributed by atoms with Gasteiger partial charge in [0.05, 0.1) is 16.9 Å². The minimum atomic E-state index is -2.32. The zero-order valence-electron chi connectivity index (χ0n) is 39.1. The topological polar surface area (TPSA) is 30.7 Å². The summed E-state index contributed by atoms with van der Waals surface area (Å²) < 4.78 is 35.9. The Balaban J connectivity index is 0.000000197. The van der Waals surface area contributed by atoms with Crippen molar-refractivity contribution in [2.24, 2.45) is 5.41 Å². The maximum absolute atomic E-state index is 8.80. The number of hydrogen-bond donors (Lipinski definition) is 0. The molecule has 2 heterocycles. The Kier molecular flexibility index (Phi) is 10.5. The molecule has 0 amide bonds. The Bertz CT molecular complexity index is 2890. The van der Waals surface area contributed by atoms with Crippen LogP contribution < -0.4 is 4.40 Å². The summed E-state index contributed by atoms with van der Waals surface area (Å²) in [5, 5.41) is 0. The standard InChI is InChI=1S/C34H25N2.C20H28GeN.Ir/c1-34(2)29-13-7-6-12-27(29)28-22-25(18-21-30(28)34)33-35-31-14-8-9-15-32(31)36(33)26-19-16-24(17-20-26)23-10-4-3-5-11-23;1-15-8-10-16(11-9-15)19-12-17(13-20(2,3)4)18(14-22-19)21(5,6)7;/h3-17,19-22H,1-2H3;8-10,12,14H,13H2,1-7H3;/q2*-1;/i;1D2,13D2;. The number of benzene rings is 6. The molecule has 0 unspecified atom stereocenters. The van der Waals surface area contributed by atoms with Crippen LogP contribution in [0.15, 0.2) is 146 Å². The van der Waals surface area contributed by atoms with E-state index in [1.54, 1.807) is 12.1 Å². The number of aromatic nitrogens is 3. The van der Waals surface area contributed by atoms with E-state index in [2.05, 4.69) is 162 Å². The van der Waals surface area contributed by atoms with E-state index in [1.165, 1.54) is 33.4 Å². The molecule has 0 atom stereocenters. The van der Waals surface area contributed by atoms with Crippen molar-refractivity contribution < 1.29 is 25.6 Å². The first kappa shape index (κ1) is 37.2. The molecule has 9 rings (SSSR count). The van der Waals surface area contributed by atoms with Crippen molar-refractivity contribution in [3.63, 3.8) is 0 Å². The van der Waals surface area contributed by atoms with Gasteiger partial charge >= 0.3 is 144 Å². The fraction of sp³-hybridized carbons (Fsp3) is 0.222. The first-order valence-corrected chi connectivity index (χ1v) is 27.4. The Morgan fingerprint density at radius 1 is 0.729 bits per heavy atom. The number of aryl methyl sites for hydroxylation is 1. The average molecular weight is 1010 g/mol. The summed E-state index contributed by atoms with van der Waals surface area (Å²) in [7, 11) is 0. The van der Waals surface area contributed by atoms with Crippen molar-refractivity contribution in [3.05, 3.63) is 180 Å². The van der Waals surface area contributed by atoms with E-state index < -0.39 is 31.9 Å². The largest absolute Gasteiger partial charge is 0 e. The normalized spacial score (nSPS) is 14.2. The smallest absolute Gasteiger partial charge is 0 e. The summed E-state index contributed by atoms with van der Waals surface area (Å²) in [6.45, 7) is 9.35. The van der Waals surface area contributed by atoms with Gasteiger partial charge < -0.3 is 4.57 Å². The molecule has 1 aliphatic rings. The SMILES string of the molecule is CC1(C)c2c[c-]c(-c3nc4ccccc4n3-c3ccc(-c4ccccc4)cc3)cc2-c2ccccc21.[2H]C([2H])c1c[c-]c(-c2cc(C([2H])([2H])C(C)(C)C)[c]([Ge]([CH3])([CH3])[CH3])cn2)cc1.[Ir]. The fourth-order valence-corrected chi connectivity index (χ4v) is 10.9. The van der Waals surface area contributed by atoms with Gasteiger partial charge in [-0.15, -0.1) is 29.3 Å². The molecule has 299 valence electrons. The maximum atomic E-state index is 8.80. The van der Waals surface area contributed by atoms with Crippen molar-refractivity contribution >= 4 is 28.7 Å². The quantitative estimate of drug-likeness (QED) is 0.123. The van der Waals surface area contributed by atoms with Crippen molar-refractivity contribution in [3.8, 4) is 50.6 Å². The number of rotatable bonds is 6. The van der Waals surface area contributed by atoms with Gasteiger partial charge in [-0.25, -0.2) is 0 Å². The molecule has 8 aromatic rings. The molecule has 0 saturated heterocycles. The minimum absolute atomic E-state index is 0. The van der Waals surface area contributed by atoms with Crippen LogP contribution >= 0.6 is 0 Å². The van der Waals surface area contributed by atoms with Crippen molar-refractivity contribution in [2.45, 2.75) is 70.6 Å². The molecule has 1 aliphatic carbocycles. The van der Waals surface area contributed by atoms with Crippen LogP contribution in [0, 0.1) is 24.4 Å². The number of para-hydroxylation sites is 2. The second-order valence-corrected chi connectivity index (χ2v) is 28.4. The van der Waals surface area contributed by atoms with E-state index in [0.29, 0.717) is 11.3 Å². The first-order valence-electron chi connectivity index (χ1n) is 22.2. The summed E-state index contributed by atoms with van der Waals surface area (Å²) >= 11 is -2.32. The van der Waals surface area contributed by atoms with Crippen molar-refractivity contribution in [2.75, 3.05) is 0 Å². The molecule has 0 spiro atoms. The number of pyridine rings is 1. The first-order chi connectivity index (χ1) is 29.4. The van der Waals surface area contributed by atoms with Crippen LogP contribution in [0.1, 0.15) is 62.4 Å². The fourth-order valence-electron chi connectivity index (χ4n) is 7.97. The number of imidazole rings is 1. The van der Waals surface area contributed by atoms with Gasteiger partial charge in [0.25, 0.3) is 0 Å². The molecule has 0 bridgehead atoms. The third-order valence-electron chi connectivity index (χ3n) is 10.9. The molecule has 5 heteroatoms. The number of nitrogens with zero attached hydrogens (tertiary/aromatic N) is 3. The van der Waals surface area contributed by atoms with E-state index in [0.717, 1.165) is 43.6 Å². The summed E-state index contributed by atoms with van der Waals surface area (Å²) in [5.74, 6) is 7.67. The molecule has 1 radical (unpaired) electrons. The van der Waals surface area contributed by atoms with Gasteiger partial charge in [-0.05, 0) is 51.9 Å². The van der Waals surface area contributed by atoms with Crippen molar-refractivity contribution in [1.29, 1.82) is 0 Å². The summed E-state index contributed by atoms with van der Waals surface area (Å²) in [4.78, 5) is 9.69. The van der Waals surface area contributed by atoms with Gasteiger partial charge in [-0.2, -0.15) is 0 Å². The Labute approximate surface area is 373 Å². The summed E-state index contributed by atoms with van der Waals surface area (Å²) in [5.41, 5.74) is 14.1. The minimum Gasteiger partial charge on any atom is 0 e. The predicted octanol–water partition coefficient (Wildman–Crippen LogP) is 13.5. The second kappa shape index (κ2) is 16.6. The monoisotopic (exact) mass is 1010 g/mol. The van der Waals surface area contributed by atoms with Crippen LogP contribution in [-0.2, 0) is 31.9 Å². The van der Waals surface area contributed by atoms with Gasteiger partial charge in [-0.3, -0.25) is 4.98 Å². The molecule has 6 aromatic carbocycles. The van der Waals surface area contributed by atoms with Gasteiger partial charge in [-0.1, -0.05) is 98.3 Å². The molecule has 59 heavy (non-hydrogen) atoms. The molecule has 2 aromatic heterocycles. The number of fused-ring (bicyclic) bond motifs is 4. The second-order valence-electron chi connectivity index (χ2n) is 17.8. The molecule has 0 aliphatic heterocycles. The molecular weight excluding hydrogens is 955 g/mol. The Hall–Kier alpha value is -4.87. The zero-order valence-corrected chi connectivity index (χ0v) is 39.6. The Morgan fingerprint density at radius 3 is 2.10 bits per heavy atom. The van der Waals surface area contributed by atoms with Crippen LogP contribution in [0.25, 0.3) is 61.6 Å². The van der Waals surface area contributed by atoms with Crippen LogP contribution in [0.2, 0.25) is 17.3 Å². The molecule has 0 fully saturated rings. The molecule has 0 saturated carbocycles.